The third-order valence-electron chi connectivity index (χ3n) is 3.79. The molecule has 18 heavy (non-hydrogen) atoms. The topological polar surface area (TPSA) is 12.5 Å². The highest BCUT2D eigenvalue weighted by Gasteiger charge is 2.10. The zero-order chi connectivity index (χ0) is 13.1. The molecule has 0 amide bonds. The molecule has 0 radical (unpaired) electrons. The van der Waals surface area contributed by atoms with Gasteiger partial charge in [-0.15, -0.1) is 0 Å². The fourth-order valence-electron chi connectivity index (χ4n) is 2.72. The SMILES string of the molecule is CCC[C@@H](CCCCCN1CCSCC1)COC. The second kappa shape index (κ2) is 11.1. The molecule has 1 aliphatic rings. The molecule has 1 rings (SSSR count). The molecule has 0 N–H and O–H groups in total. The lowest BCUT2D eigenvalue weighted by Gasteiger charge is -2.26. The van der Waals surface area contributed by atoms with Crippen LogP contribution in [0.5, 0.6) is 0 Å². The van der Waals surface area contributed by atoms with Crippen LogP contribution < -0.4 is 0 Å². The number of unbranched alkanes of at least 4 members (excludes halogenated alkanes) is 2. The van der Waals surface area contributed by atoms with Crippen molar-refractivity contribution in [1.82, 2.24) is 4.90 Å². The van der Waals surface area contributed by atoms with Gasteiger partial charge in [-0.3, -0.25) is 0 Å². The Bertz CT molecular complexity index is 177. The van der Waals surface area contributed by atoms with Gasteiger partial charge in [-0.1, -0.05) is 26.2 Å². The Morgan fingerprint density at radius 1 is 1.11 bits per heavy atom. The quantitative estimate of drug-likeness (QED) is 0.564. The molecule has 0 spiro atoms. The Morgan fingerprint density at radius 3 is 2.56 bits per heavy atom. The molecule has 0 aromatic heterocycles. The Hall–Kier alpha value is 0.270. The number of rotatable bonds is 10. The maximum atomic E-state index is 5.30. The lowest BCUT2D eigenvalue weighted by Crippen LogP contribution is -2.33. The van der Waals surface area contributed by atoms with Gasteiger partial charge >= 0.3 is 0 Å². The van der Waals surface area contributed by atoms with Crippen LogP contribution in [0.3, 0.4) is 0 Å². The zero-order valence-corrected chi connectivity index (χ0v) is 13.1. The van der Waals surface area contributed by atoms with Crippen molar-refractivity contribution in [2.45, 2.75) is 45.4 Å². The molecule has 0 bridgehead atoms. The summed E-state index contributed by atoms with van der Waals surface area (Å²) in [6.45, 7) is 7.18. The first-order valence-corrected chi connectivity index (χ1v) is 8.81. The molecule has 3 heteroatoms. The highest BCUT2D eigenvalue weighted by Crippen LogP contribution is 2.16. The molecule has 0 aromatic carbocycles. The van der Waals surface area contributed by atoms with E-state index in [-0.39, 0.29) is 0 Å². The van der Waals surface area contributed by atoms with E-state index >= 15 is 0 Å². The van der Waals surface area contributed by atoms with Gasteiger partial charge < -0.3 is 9.64 Å². The summed E-state index contributed by atoms with van der Waals surface area (Å²) in [6.07, 6.45) is 8.15. The van der Waals surface area contributed by atoms with E-state index in [1.54, 1.807) is 0 Å². The van der Waals surface area contributed by atoms with E-state index in [1.807, 2.05) is 7.11 Å². The molecular formula is C15H31NOS. The molecule has 1 saturated heterocycles. The van der Waals surface area contributed by atoms with Crippen LogP contribution in [0.25, 0.3) is 0 Å². The molecule has 0 unspecified atom stereocenters. The third kappa shape index (κ3) is 7.65. The van der Waals surface area contributed by atoms with Crippen LogP contribution in [-0.4, -0.2) is 49.8 Å². The van der Waals surface area contributed by atoms with E-state index in [9.17, 15) is 0 Å². The van der Waals surface area contributed by atoms with Gasteiger partial charge in [0.2, 0.25) is 0 Å². The lowest BCUT2D eigenvalue weighted by molar-refractivity contribution is 0.141. The number of nitrogens with zero attached hydrogens (tertiary/aromatic N) is 1. The molecule has 1 heterocycles. The third-order valence-corrected chi connectivity index (χ3v) is 4.73. The van der Waals surface area contributed by atoms with Gasteiger partial charge in [0.1, 0.15) is 0 Å². The Labute approximate surface area is 118 Å². The second-order valence-corrected chi connectivity index (χ2v) is 6.64. The van der Waals surface area contributed by atoms with Crippen molar-refractivity contribution in [3.05, 3.63) is 0 Å². The maximum Gasteiger partial charge on any atom is 0.0490 e. The summed E-state index contributed by atoms with van der Waals surface area (Å²) < 4.78 is 5.30. The average molecular weight is 273 g/mol. The highest BCUT2D eigenvalue weighted by atomic mass is 32.2. The molecule has 1 atom stereocenters. The number of hydrogen-bond acceptors (Lipinski definition) is 3. The van der Waals surface area contributed by atoms with Crippen LogP contribution >= 0.6 is 11.8 Å². The lowest BCUT2D eigenvalue weighted by atomic mass is 9.97. The number of methoxy groups -OCH3 is 1. The summed E-state index contributed by atoms with van der Waals surface area (Å²) in [5.74, 6) is 3.48. The summed E-state index contributed by atoms with van der Waals surface area (Å²) >= 11 is 2.10. The first kappa shape index (κ1) is 16.3. The van der Waals surface area contributed by atoms with Crippen LogP contribution in [-0.2, 0) is 4.74 Å². The summed E-state index contributed by atoms with van der Waals surface area (Å²) in [7, 11) is 1.83. The average Bonchev–Trinajstić information content (AvgIpc) is 2.40. The number of thioether (sulfide) groups is 1. The summed E-state index contributed by atoms with van der Waals surface area (Å²) in [6, 6.07) is 0. The van der Waals surface area contributed by atoms with Crippen molar-refractivity contribution in [1.29, 1.82) is 0 Å². The van der Waals surface area contributed by atoms with E-state index < -0.39 is 0 Å². The van der Waals surface area contributed by atoms with Gasteiger partial charge in [0, 0.05) is 38.3 Å². The van der Waals surface area contributed by atoms with Crippen molar-refractivity contribution >= 4 is 11.8 Å². The Morgan fingerprint density at radius 2 is 1.89 bits per heavy atom. The monoisotopic (exact) mass is 273 g/mol. The molecule has 108 valence electrons. The molecule has 2 nitrogen and oxygen atoms in total. The highest BCUT2D eigenvalue weighted by molar-refractivity contribution is 7.99. The largest absolute Gasteiger partial charge is 0.384 e. The first-order valence-electron chi connectivity index (χ1n) is 7.65. The Balaban J connectivity index is 1.95. The minimum Gasteiger partial charge on any atom is -0.384 e. The number of hydrogen-bond donors (Lipinski definition) is 0. The van der Waals surface area contributed by atoms with Gasteiger partial charge in [-0.05, 0) is 31.7 Å². The molecule has 0 aliphatic carbocycles. The van der Waals surface area contributed by atoms with Gasteiger partial charge in [-0.2, -0.15) is 11.8 Å². The molecular weight excluding hydrogens is 242 g/mol. The van der Waals surface area contributed by atoms with Crippen molar-refractivity contribution in [2.24, 2.45) is 5.92 Å². The molecule has 1 fully saturated rings. The van der Waals surface area contributed by atoms with Crippen LogP contribution in [0.4, 0.5) is 0 Å². The molecule has 1 aliphatic heterocycles. The van der Waals surface area contributed by atoms with E-state index in [0.717, 1.165) is 12.5 Å². The summed E-state index contributed by atoms with van der Waals surface area (Å²) in [4.78, 5) is 2.63. The minimum absolute atomic E-state index is 0.798. The van der Waals surface area contributed by atoms with Gasteiger partial charge in [-0.25, -0.2) is 0 Å². The normalized spacial score (nSPS) is 19.0. The minimum atomic E-state index is 0.798. The number of ether oxygens (including phenoxy) is 1. The van der Waals surface area contributed by atoms with Crippen molar-refractivity contribution in [3.8, 4) is 0 Å². The zero-order valence-electron chi connectivity index (χ0n) is 12.3. The van der Waals surface area contributed by atoms with Crippen molar-refractivity contribution in [2.75, 3.05) is 44.9 Å². The second-order valence-electron chi connectivity index (χ2n) is 5.41. The van der Waals surface area contributed by atoms with E-state index in [4.69, 9.17) is 4.74 Å². The van der Waals surface area contributed by atoms with Gasteiger partial charge in [0.15, 0.2) is 0 Å². The fraction of sp³-hybridized carbons (Fsp3) is 1.00. The maximum absolute atomic E-state index is 5.30. The predicted octanol–water partition coefficient (Wildman–Crippen LogP) is 3.66. The van der Waals surface area contributed by atoms with Crippen molar-refractivity contribution < 1.29 is 4.74 Å². The predicted molar refractivity (Wildman–Crippen MR) is 82.5 cm³/mol. The van der Waals surface area contributed by atoms with Gasteiger partial charge in [0.25, 0.3) is 0 Å². The summed E-state index contributed by atoms with van der Waals surface area (Å²) in [5, 5.41) is 0. The smallest absolute Gasteiger partial charge is 0.0490 e. The van der Waals surface area contributed by atoms with Gasteiger partial charge in [0.05, 0.1) is 0 Å². The van der Waals surface area contributed by atoms with Crippen molar-refractivity contribution in [3.63, 3.8) is 0 Å². The van der Waals surface area contributed by atoms with E-state index in [1.165, 1.54) is 69.7 Å². The summed E-state index contributed by atoms with van der Waals surface area (Å²) in [5.41, 5.74) is 0. The Kier molecular flexibility index (Phi) is 10.1. The molecule has 0 saturated carbocycles. The van der Waals surface area contributed by atoms with Crippen LogP contribution in [0.2, 0.25) is 0 Å². The van der Waals surface area contributed by atoms with Crippen LogP contribution in [0.1, 0.15) is 45.4 Å². The van der Waals surface area contributed by atoms with E-state index in [0.29, 0.717) is 0 Å². The van der Waals surface area contributed by atoms with Crippen LogP contribution in [0.15, 0.2) is 0 Å². The fourth-order valence-corrected chi connectivity index (χ4v) is 3.70. The van der Waals surface area contributed by atoms with Crippen LogP contribution in [0, 0.1) is 5.92 Å². The first-order chi connectivity index (χ1) is 8.86. The standard InChI is InChI=1S/C15H31NOS/c1-3-7-15(14-17-2)8-5-4-6-9-16-10-12-18-13-11-16/h15H,3-14H2,1-2H3/t15-/m0/s1. The molecule has 0 aromatic rings. The van der Waals surface area contributed by atoms with E-state index in [2.05, 4.69) is 23.6 Å².